The van der Waals surface area contributed by atoms with Gasteiger partial charge in [0.05, 0.1) is 18.4 Å². The normalized spacial score (nSPS) is 26.2. The number of rotatable bonds is 3. The van der Waals surface area contributed by atoms with Crippen LogP contribution in [0.1, 0.15) is 12.0 Å². The highest BCUT2D eigenvalue weighted by Gasteiger charge is 2.46. The van der Waals surface area contributed by atoms with Gasteiger partial charge in [-0.2, -0.15) is 0 Å². The molecule has 2 unspecified atom stereocenters. The third kappa shape index (κ3) is 2.35. The summed E-state index contributed by atoms with van der Waals surface area (Å²) in [6.07, 6.45) is 1.51. The summed E-state index contributed by atoms with van der Waals surface area (Å²) in [5.41, 5.74) is 1.22. The molecule has 4 nitrogen and oxygen atoms in total. The zero-order chi connectivity index (χ0) is 13.2. The molecule has 2 atom stereocenters. The lowest BCUT2D eigenvalue weighted by Crippen LogP contribution is -2.32. The minimum Gasteiger partial charge on any atom is -0.465 e. The van der Waals surface area contributed by atoms with Gasteiger partial charge < -0.3 is 9.64 Å². The average molecular weight is 259 g/mol. The van der Waals surface area contributed by atoms with Crippen molar-refractivity contribution < 1.29 is 14.3 Å². The summed E-state index contributed by atoms with van der Waals surface area (Å²) >= 11 is 0. The van der Waals surface area contributed by atoms with Crippen molar-refractivity contribution in [3.63, 3.8) is 0 Å². The van der Waals surface area contributed by atoms with E-state index in [0.29, 0.717) is 26.1 Å². The number of carbonyl (C=O) groups is 2. The van der Waals surface area contributed by atoms with E-state index in [4.69, 9.17) is 4.74 Å². The number of fused-ring (bicyclic) bond motifs is 1. The van der Waals surface area contributed by atoms with Gasteiger partial charge in [0.1, 0.15) is 0 Å². The summed E-state index contributed by atoms with van der Waals surface area (Å²) in [6.45, 7) is 1.59. The van der Waals surface area contributed by atoms with E-state index < -0.39 is 0 Å². The second kappa shape index (κ2) is 5.03. The van der Waals surface area contributed by atoms with Crippen LogP contribution in [0.4, 0.5) is 0 Å². The predicted molar refractivity (Wildman–Crippen MR) is 69.3 cm³/mol. The van der Waals surface area contributed by atoms with Crippen molar-refractivity contribution in [2.24, 2.45) is 11.8 Å². The summed E-state index contributed by atoms with van der Waals surface area (Å²) in [5.74, 6) is -0.460. The number of amides is 1. The van der Waals surface area contributed by atoms with Crippen LogP contribution in [0, 0.1) is 11.8 Å². The third-order valence-corrected chi connectivity index (χ3v) is 4.02. The Morgan fingerprint density at radius 3 is 2.68 bits per heavy atom. The maximum absolute atomic E-state index is 12.2. The maximum atomic E-state index is 12.2. The first-order valence-electron chi connectivity index (χ1n) is 6.75. The van der Waals surface area contributed by atoms with Crippen LogP contribution in [-0.2, 0) is 20.7 Å². The number of likely N-dealkylation sites (tertiary alicyclic amines) is 1. The minimum absolute atomic E-state index is 0.123. The van der Waals surface area contributed by atoms with Crippen LogP contribution in [0.3, 0.4) is 0 Å². The maximum Gasteiger partial charge on any atom is 0.311 e. The third-order valence-electron chi connectivity index (χ3n) is 4.02. The van der Waals surface area contributed by atoms with E-state index in [-0.39, 0.29) is 23.7 Å². The monoisotopic (exact) mass is 259 g/mol. The molecule has 0 aromatic heterocycles. The predicted octanol–water partition coefficient (Wildman–Crippen LogP) is 1.25. The molecule has 1 aromatic rings. The standard InChI is InChI=1S/C15H17NO3/c17-14-12-7-9-19-15(18)13(12)10-16(14)8-6-11-4-2-1-3-5-11/h1-5,12-13H,6-10H2. The van der Waals surface area contributed by atoms with Gasteiger partial charge in [0.15, 0.2) is 0 Å². The van der Waals surface area contributed by atoms with Crippen LogP contribution in [0.5, 0.6) is 0 Å². The van der Waals surface area contributed by atoms with Gasteiger partial charge in [-0.05, 0) is 18.4 Å². The molecule has 2 aliphatic rings. The zero-order valence-electron chi connectivity index (χ0n) is 10.7. The SMILES string of the molecule is O=C1OCCC2C(=O)N(CCc3ccccc3)CC12. The molecule has 0 N–H and O–H groups in total. The summed E-state index contributed by atoms with van der Waals surface area (Å²) in [6, 6.07) is 10.1. The average Bonchev–Trinajstić information content (AvgIpc) is 2.77. The van der Waals surface area contributed by atoms with Crippen LogP contribution in [0.25, 0.3) is 0 Å². The van der Waals surface area contributed by atoms with Gasteiger partial charge in [-0.3, -0.25) is 9.59 Å². The van der Waals surface area contributed by atoms with Crippen molar-refractivity contribution in [2.75, 3.05) is 19.7 Å². The van der Waals surface area contributed by atoms with Gasteiger partial charge in [-0.15, -0.1) is 0 Å². The quantitative estimate of drug-likeness (QED) is 0.768. The number of ether oxygens (including phenoxy) is 1. The van der Waals surface area contributed by atoms with Crippen LogP contribution in [0.15, 0.2) is 30.3 Å². The molecule has 2 fully saturated rings. The Hall–Kier alpha value is -1.84. The van der Waals surface area contributed by atoms with E-state index in [0.717, 1.165) is 6.42 Å². The van der Waals surface area contributed by atoms with Gasteiger partial charge in [0.25, 0.3) is 0 Å². The smallest absolute Gasteiger partial charge is 0.311 e. The van der Waals surface area contributed by atoms with E-state index in [2.05, 4.69) is 12.1 Å². The topological polar surface area (TPSA) is 46.6 Å². The lowest BCUT2D eigenvalue weighted by Gasteiger charge is -2.20. The lowest BCUT2D eigenvalue weighted by atomic mass is 9.91. The van der Waals surface area contributed by atoms with E-state index in [9.17, 15) is 9.59 Å². The van der Waals surface area contributed by atoms with Gasteiger partial charge >= 0.3 is 5.97 Å². The van der Waals surface area contributed by atoms with Gasteiger partial charge in [0.2, 0.25) is 5.91 Å². The molecular weight excluding hydrogens is 242 g/mol. The van der Waals surface area contributed by atoms with Crippen molar-refractivity contribution in [1.29, 1.82) is 0 Å². The first-order valence-corrected chi connectivity index (χ1v) is 6.75. The van der Waals surface area contributed by atoms with Gasteiger partial charge in [-0.25, -0.2) is 0 Å². The number of esters is 1. The van der Waals surface area contributed by atoms with Crippen molar-refractivity contribution in [3.8, 4) is 0 Å². The first kappa shape index (κ1) is 12.2. The fraction of sp³-hybridized carbons (Fsp3) is 0.467. The van der Waals surface area contributed by atoms with E-state index in [1.54, 1.807) is 0 Å². The fourth-order valence-corrected chi connectivity index (χ4v) is 2.93. The van der Waals surface area contributed by atoms with Gasteiger partial charge in [-0.1, -0.05) is 30.3 Å². The highest BCUT2D eigenvalue weighted by atomic mass is 16.5. The second-order valence-corrected chi connectivity index (χ2v) is 5.19. The minimum atomic E-state index is -0.239. The molecule has 0 radical (unpaired) electrons. The molecule has 1 aromatic carbocycles. The molecule has 4 heteroatoms. The van der Waals surface area contributed by atoms with E-state index in [1.807, 2.05) is 23.1 Å². The molecule has 1 amide bonds. The number of benzene rings is 1. The molecule has 0 aliphatic carbocycles. The Kier molecular flexibility index (Phi) is 3.23. The first-order chi connectivity index (χ1) is 9.25. The second-order valence-electron chi connectivity index (χ2n) is 5.19. The summed E-state index contributed by atoms with van der Waals surface area (Å²) in [5, 5.41) is 0. The lowest BCUT2D eigenvalue weighted by molar-refractivity contribution is -0.156. The number of hydrogen-bond donors (Lipinski definition) is 0. The number of cyclic esters (lactones) is 1. The van der Waals surface area contributed by atoms with Crippen LogP contribution in [0.2, 0.25) is 0 Å². The molecule has 2 aliphatic heterocycles. The van der Waals surface area contributed by atoms with Crippen LogP contribution >= 0.6 is 0 Å². The zero-order valence-corrected chi connectivity index (χ0v) is 10.7. The Bertz CT molecular complexity index is 485. The number of hydrogen-bond acceptors (Lipinski definition) is 3. The Morgan fingerprint density at radius 1 is 1.16 bits per heavy atom. The molecule has 100 valence electrons. The van der Waals surface area contributed by atoms with Crippen molar-refractivity contribution in [3.05, 3.63) is 35.9 Å². The van der Waals surface area contributed by atoms with Crippen LogP contribution in [-0.4, -0.2) is 36.5 Å². The molecule has 2 heterocycles. The van der Waals surface area contributed by atoms with Crippen molar-refractivity contribution in [2.45, 2.75) is 12.8 Å². The van der Waals surface area contributed by atoms with Gasteiger partial charge in [0, 0.05) is 13.1 Å². The Labute approximate surface area is 112 Å². The van der Waals surface area contributed by atoms with Crippen molar-refractivity contribution in [1.82, 2.24) is 4.90 Å². The summed E-state index contributed by atoms with van der Waals surface area (Å²) in [7, 11) is 0. The largest absolute Gasteiger partial charge is 0.465 e. The van der Waals surface area contributed by atoms with Crippen molar-refractivity contribution >= 4 is 11.9 Å². The summed E-state index contributed by atoms with van der Waals surface area (Å²) < 4.78 is 5.03. The number of carbonyl (C=O) groups excluding carboxylic acids is 2. The molecule has 19 heavy (non-hydrogen) atoms. The summed E-state index contributed by atoms with van der Waals surface area (Å²) in [4.78, 5) is 25.7. The molecule has 0 bridgehead atoms. The molecule has 2 saturated heterocycles. The molecule has 3 rings (SSSR count). The van der Waals surface area contributed by atoms with Crippen LogP contribution < -0.4 is 0 Å². The Morgan fingerprint density at radius 2 is 1.95 bits per heavy atom. The van der Waals surface area contributed by atoms with E-state index >= 15 is 0 Å². The van der Waals surface area contributed by atoms with E-state index in [1.165, 1.54) is 5.56 Å². The molecular formula is C15H17NO3. The Balaban J connectivity index is 1.63. The number of nitrogens with zero attached hydrogens (tertiary/aromatic N) is 1. The molecule has 0 spiro atoms. The highest BCUT2D eigenvalue weighted by molar-refractivity contribution is 5.89. The molecule has 0 saturated carbocycles. The fourth-order valence-electron chi connectivity index (χ4n) is 2.93. The highest BCUT2D eigenvalue weighted by Crippen LogP contribution is 2.32.